The fourth-order valence-electron chi connectivity index (χ4n) is 4.17. The first kappa shape index (κ1) is 27.0. The van der Waals surface area contributed by atoms with Gasteiger partial charge in [-0.15, -0.1) is 0 Å². The molecule has 0 aliphatic carbocycles. The first-order chi connectivity index (χ1) is 18.0. The SMILES string of the molecule is CC(C)Oc1ccc(C(=O)N[C@H](CCO)Cc2ccc(-c3cn4cccc(C(F)(F)F)c4n3)cc2)cc1N. The van der Waals surface area contributed by atoms with Crippen molar-refractivity contribution in [1.29, 1.82) is 0 Å². The number of anilines is 1. The highest BCUT2D eigenvalue weighted by Crippen LogP contribution is 2.33. The maximum Gasteiger partial charge on any atom is 0.419 e. The Morgan fingerprint density at radius 3 is 2.53 bits per heavy atom. The van der Waals surface area contributed by atoms with Gasteiger partial charge in [-0.2, -0.15) is 13.2 Å². The maximum absolute atomic E-state index is 13.3. The van der Waals surface area contributed by atoms with Crippen LogP contribution >= 0.6 is 0 Å². The molecule has 0 aliphatic heterocycles. The van der Waals surface area contributed by atoms with E-state index in [0.29, 0.717) is 41.1 Å². The quantitative estimate of drug-likeness (QED) is 0.263. The van der Waals surface area contributed by atoms with Crippen molar-refractivity contribution in [2.45, 2.75) is 45.0 Å². The number of halogens is 3. The van der Waals surface area contributed by atoms with E-state index in [1.807, 2.05) is 26.0 Å². The molecule has 2 heterocycles. The number of rotatable bonds is 9. The van der Waals surface area contributed by atoms with Crippen LogP contribution in [-0.2, 0) is 12.6 Å². The van der Waals surface area contributed by atoms with Crippen LogP contribution in [0.5, 0.6) is 5.75 Å². The first-order valence-corrected chi connectivity index (χ1v) is 12.2. The molecule has 2 aromatic carbocycles. The van der Waals surface area contributed by atoms with Crippen LogP contribution in [0, 0.1) is 0 Å². The first-order valence-electron chi connectivity index (χ1n) is 12.2. The molecule has 0 fully saturated rings. The number of carbonyl (C=O) groups excluding carboxylic acids is 1. The molecule has 200 valence electrons. The van der Waals surface area contributed by atoms with Crippen molar-refractivity contribution >= 4 is 17.2 Å². The van der Waals surface area contributed by atoms with Crippen LogP contribution in [0.2, 0.25) is 0 Å². The molecule has 4 aromatic rings. The summed E-state index contributed by atoms with van der Waals surface area (Å²) in [6.07, 6.45) is -0.698. The smallest absolute Gasteiger partial charge is 0.419 e. The monoisotopic (exact) mass is 526 g/mol. The molecule has 4 N–H and O–H groups in total. The van der Waals surface area contributed by atoms with Gasteiger partial charge in [0.25, 0.3) is 5.91 Å². The van der Waals surface area contributed by atoms with Gasteiger partial charge in [0, 0.05) is 36.2 Å². The number of nitrogens with two attached hydrogens (primary N) is 1. The van der Waals surface area contributed by atoms with Gasteiger partial charge in [0.15, 0.2) is 0 Å². The van der Waals surface area contributed by atoms with Crippen LogP contribution < -0.4 is 15.8 Å². The number of hydrogen-bond acceptors (Lipinski definition) is 5. The lowest BCUT2D eigenvalue weighted by Gasteiger charge is -2.19. The molecule has 0 saturated heterocycles. The Balaban J connectivity index is 1.47. The number of benzene rings is 2. The highest BCUT2D eigenvalue weighted by molar-refractivity contribution is 5.95. The molecular weight excluding hydrogens is 497 g/mol. The number of alkyl halides is 3. The van der Waals surface area contributed by atoms with E-state index >= 15 is 0 Å². The van der Waals surface area contributed by atoms with E-state index in [1.165, 1.54) is 16.7 Å². The number of imidazole rings is 1. The number of ether oxygens (including phenoxy) is 1. The van der Waals surface area contributed by atoms with Crippen LogP contribution in [0.15, 0.2) is 67.0 Å². The molecule has 0 unspecified atom stereocenters. The molecule has 1 amide bonds. The molecule has 4 rings (SSSR count). The number of aromatic nitrogens is 2. The summed E-state index contributed by atoms with van der Waals surface area (Å²) in [6.45, 7) is 3.65. The third kappa shape index (κ3) is 6.25. The van der Waals surface area contributed by atoms with Crippen LogP contribution in [-0.4, -0.2) is 39.2 Å². The minimum Gasteiger partial charge on any atom is -0.489 e. The molecule has 2 aromatic heterocycles. The molecule has 0 aliphatic rings. The van der Waals surface area contributed by atoms with E-state index < -0.39 is 11.7 Å². The molecule has 0 saturated carbocycles. The molecule has 10 heteroatoms. The zero-order valence-corrected chi connectivity index (χ0v) is 21.0. The Bertz CT molecular complexity index is 1420. The van der Waals surface area contributed by atoms with E-state index in [4.69, 9.17) is 10.5 Å². The van der Waals surface area contributed by atoms with Crippen molar-refractivity contribution in [2.24, 2.45) is 0 Å². The van der Waals surface area contributed by atoms with Crippen molar-refractivity contribution in [3.05, 3.63) is 83.7 Å². The number of nitrogens with one attached hydrogen (secondary N) is 1. The Morgan fingerprint density at radius 2 is 1.89 bits per heavy atom. The average molecular weight is 527 g/mol. The Morgan fingerprint density at radius 1 is 1.16 bits per heavy atom. The van der Waals surface area contributed by atoms with Gasteiger partial charge < -0.3 is 25.3 Å². The summed E-state index contributed by atoms with van der Waals surface area (Å²) in [5.74, 6) is 0.178. The van der Waals surface area contributed by atoms with Crippen LogP contribution in [0.4, 0.5) is 18.9 Å². The number of nitrogens with zero attached hydrogens (tertiary/aromatic N) is 2. The summed E-state index contributed by atoms with van der Waals surface area (Å²) in [7, 11) is 0. The Kier molecular flexibility index (Phi) is 7.91. The van der Waals surface area contributed by atoms with Crippen LogP contribution in [0.25, 0.3) is 16.9 Å². The third-order valence-corrected chi connectivity index (χ3v) is 5.97. The number of nitrogen functional groups attached to an aromatic ring is 1. The van der Waals surface area contributed by atoms with Crippen LogP contribution in [0.3, 0.4) is 0 Å². The van der Waals surface area contributed by atoms with Gasteiger partial charge in [-0.25, -0.2) is 4.98 Å². The molecule has 1 atom stereocenters. The number of amides is 1. The predicted molar refractivity (Wildman–Crippen MR) is 139 cm³/mol. The summed E-state index contributed by atoms with van der Waals surface area (Å²) in [5, 5.41) is 12.5. The van der Waals surface area contributed by atoms with Gasteiger partial charge >= 0.3 is 6.18 Å². The van der Waals surface area contributed by atoms with Gasteiger partial charge in [0.2, 0.25) is 0 Å². The predicted octanol–water partition coefficient (Wildman–Crippen LogP) is 5.11. The molecule has 0 bridgehead atoms. The van der Waals surface area contributed by atoms with E-state index in [-0.39, 0.29) is 30.3 Å². The molecule has 7 nitrogen and oxygen atoms in total. The molecular formula is C28H29F3N4O3. The fraction of sp³-hybridized carbons (Fsp3) is 0.286. The largest absolute Gasteiger partial charge is 0.489 e. The van der Waals surface area contributed by atoms with Crippen molar-refractivity contribution in [3.63, 3.8) is 0 Å². The topological polar surface area (TPSA) is 102 Å². The number of pyridine rings is 1. The number of aliphatic hydroxyl groups is 1. The number of fused-ring (bicyclic) bond motifs is 1. The number of hydrogen-bond donors (Lipinski definition) is 3. The number of carbonyl (C=O) groups is 1. The van der Waals surface area contributed by atoms with Gasteiger partial charge in [-0.05, 0) is 62.6 Å². The highest BCUT2D eigenvalue weighted by atomic mass is 19.4. The van der Waals surface area contributed by atoms with E-state index in [1.54, 1.807) is 36.5 Å². The second-order valence-electron chi connectivity index (χ2n) is 9.28. The summed E-state index contributed by atoms with van der Waals surface area (Å²) < 4.78 is 47.0. The zero-order chi connectivity index (χ0) is 27.4. The molecule has 0 spiro atoms. The normalized spacial score (nSPS) is 12.6. The van der Waals surface area contributed by atoms with Crippen molar-refractivity contribution in [1.82, 2.24) is 14.7 Å². The second kappa shape index (κ2) is 11.1. The lowest BCUT2D eigenvalue weighted by molar-refractivity contribution is -0.136. The van der Waals surface area contributed by atoms with Crippen molar-refractivity contribution < 1.29 is 27.8 Å². The summed E-state index contributed by atoms with van der Waals surface area (Å²) >= 11 is 0. The zero-order valence-electron chi connectivity index (χ0n) is 21.0. The highest BCUT2D eigenvalue weighted by Gasteiger charge is 2.34. The minimum absolute atomic E-state index is 0.0534. The van der Waals surface area contributed by atoms with Gasteiger partial charge in [-0.1, -0.05) is 24.3 Å². The second-order valence-corrected chi connectivity index (χ2v) is 9.28. The maximum atomic E-state index is 13.3. The molecule has 38 heavy (non-hydrogen) atoms. The number of aliphatic hydroxyl groups excluding tert-OH is 1. The standard InChI is InChI=1S/C28H29F3N4O3/c1-17(2)38-25-10-9-20(15-23(25)32)27(37)33-21(11-13-36)14-18-5-7-19(8-6-18)24-16-35-12-3-4-22(26(35)34-24)28(29,30)31/h3-10,12,15-17,21,36H,11,13-14,32H2,1-2H3,(H,33,37)/t21-/m1/s1. The summed E-state index contributed by atoms with van der Waals surface area (Å²) in [4.78, 5) is 17.1. The average Bonchev–Trinajstić information content (AvgIpc) is 3.29. The summed E-state index contributed by atoms with van der Waals surface area (Å²) in [6, 6.07) is 14.0. The van der Waals surface area contributed by atoms with E-state index in [9.17, 15) is 23.1 Å². The van der Waals surface area contributed by atoms with Crippen molar-refractivity contribution in [3.8, 4) is 17.0 Å². The Labute approximate surface area is 218 Å². The summed E-state index contributed by atoms with van der Waals surface area (Å²) in [5.41, 5.74) is 7.76. The fourth-order valence-corrected chi connectivity index (χ4v) is 4.17. The van der Waals surface area contributed by atoms with Gasteiger partial charge in [-0.3, -0.25) is 4.79 Å². The van der Waals surface area contributed by atoms with E-state index in [2.05, 4.69) is 10.3 Å². The van der Waals surface area contributed by atoms with Crippen molar-refractivity contribution in [2.75, 3.05) is 12.3 Å². The van der Waals surface area contributed by atoms with Gasteiger partial charge in [0.05, 0.1) is 23.0 Å². The third-order valence-electron chi connectivity index (χ3n) is 5.97. The van der Waals surface area contributed by atoms with Crippen LogP contribution in [0.1, 0.15) is 41.8 Å². The Hall–Kier alpha value is -4.05. The minimum atomic E-state index is -4.50. The lowest BCUT2D eigenvalue weighted by Crippen LogP contribution is -2.37. The molecule has 0 radical (unpaired) electrons. The lowest BCUT2D eigenvalue weighted by atomic mass is 10.0. The van der Waals surface area contributed by atoms with E-state index in [0.717, 1.165) is 11.6 Å². The van der Waals surface area contributed by atoms with Gasteiger partial charge in [0.1, 0.15) is 11.4 Å².